The summed E-state index contributed by atoms with van der Waals surface area (Å²) >= 11 is 0. The molecule has 0 aromatic carbocycles. The summed E-state index contributed by atoms with van der Waals surface area (Å²) in [5, 5.41) is 3.14. The predicted octanol–water partition coefficient (Wildman–Crippen LogP) is 1.60. The molecule has 0 heterocycles. The number of rotatable bonds is 4. The van der Waals surface area contributed by atoms with Crippen molar-refractivity contribution in [2.24, 2.45) is 0 Å². The van der Waals surface area contributed by atoms with Gasteiger partial charge in [-0.2, -0.15) is 0 Å². The molecular weight excluding hydrogens is 126 g/mol. The molecule has 0 bridgehead atoms. The van der Waals surface area contributed by atoms with E-state index in [1.807, 2.05) is 27.7 Å². The van der Waals surface area contributed by atoms with E-state index in [-0.39, 0.29) is 13.3 Å². The second-order valence-electron chi connectivity index (χ2n) is 2.86. The van der Waals surface area contributed by atoms with Crippen molar-refractivity contribution < 1.29 is 6.22 Å². The van der Waals surface area contributed by atoms with Gasteiger partial charge in [0.15, 0.2) is 0 Å². The predicted molar refractivity (Wildman–Crippen MR) is 45.1 cm³/mol. The van der Waals surface area contributed by atoms with E-state index in [1.54, 1.807) is 0 Å². The van der Waals surface area contributed by atoms with E-state index >= 15 is 0 Å². The molecule has 0 spiro atoms. The third kappa shape index (κ3) is 3.62. The Morgan fingerprint density at radius 2 is 2.00 bits per heavy atom. The van der Waals surface area contributed by atoms with E-state index in [9.17, 15) is 4.79 Å². The molecule has 0 aliphatic heterocycles. The molecule has 0 saturated carbocycles. The molecular formula is C8H19NO. The van der Waals surface area contributed by atoms with Crippen LogP contribution in [0.4, 0.5) is 0 Å². The summed E-state index contributed by atoms with van der Waals surface area (Å²) in [5.74, 6) is 0.286. The zero-order valence-electron chi connectivity index (χ0n) is 7.27. The van der Waals surface area contributed by atoms with Gasteiger partial charge in [-0.05, 0) is 6.92 Å². The Morgan fingerprint density at radius 3 is 2.30 bits per heavy atom. The summed E-state index contributed by atoms with van der Waals surface area (Å²) in [6.07, 6.45) is 0.626. The molecule has 0 aliphatic carbocycles. The van der Waals surface area contributed by atoms with Gasteiger partial charge < -0.3 is 5.32 Å². The van der Waals surface area contributed by atoms with E-state index < -0.39 is 0 Å². The first-order valence-corrected chi connectivity index (χ1v) is 3.86. The lowest BCUT2D eigenvalue weighted by atomic mass is 10.1. The molecule has 10 heavy (non-hydrogen) atoms. The third-order valence-electron chi connectivity index (χ3n) is 1.41. The van der Waals surface area contributed by atoms with Crippen LogP contribution in [0.2, 0.25) is 0 Å². The smallest absolute Gasteiger partial charge is 0.149 e. The molecule has 1 N–H and O–H groups in total. The summed E-state index contributed by atoms with van der Waals surface area (Å²) < 4.78 is 0. The van der Waals surface area contributed by atoms with Crippen molar-refractivity contribution >= 4 is 5.78 Å². The molecule has 0 fully saturated rings. The Morgan fingerprint density at radius 1 is 1.50 bits per heavy atom. The van der Waals surface area contributed by atoms with Gasteiger partial charge in [0.25, 0.3) is 0 Å². The van der Waals surface area contributed by atoms with Gasteiger partial charge in [0.1, 0.15) is 5.78 Å². The highest BCUT2D eigenvalue weighted by molar-refractivity contribution is 5.83. The van der Waals surface area contributed by atoms with Gasteiger partial charge in [-0.25, -0.2) is 0 Å². The summed E-state index contributed by atoms with van der Waals surface area (Å²) in [6.45, 7) is 7.88. The first-order valence-electron chi connectivity index (χ1n) is 3.86. The van der Waals surface area contributed by atoms with Crippen LogP contribution in [-0.2, 0) is 4.79 Å². The summed E-state index contributed by atoms with van der Waals surface area (Å²) in [7, 11) is 0. The number of ketones is 1. The van der Waals surface area contributed by atoms with Crippen LogP contribution in [0.25, 0.3) is 0 Å². The lowest BCUT2D eigenvalue weighted by molar-refractivity contribution is -0.120. The molecule has 0 rings (SSSR count). The fourth-order valence-corrected chi connectivity index (χ4v) is 0.899. The number of Topliss-reactive ketones (excluding diaryl/α,β-unsaturated/α-hetero) is 1. The maximum Gasteiger partial charge on any atom is 0.149 e. The molecule has 1 atom stereocenters. The number of hydrogen-bond acceptors (Lipinski definition) is 2. The lowest BCUT2D eigenvalue weighted by Gasteiger charge is -2.14. The average Bonchev–Trinajstić information content (AvgIpc) is 1.85. The maximum absolute atomic E-state index is 11.0. The van der Waals surface area contributed by atoms with Crippen LogP contribution >= 0.6 is 0 Å². The SMILES string of the molecule is CCC(=O)C(C)NC(C)C.[HH]. The van der Waals surface area contributed by atoms with Crippen LogP contribution in [0.1, 0.15) is 35.5 Å². The van der Waals surface area contributed by atoms with Crippen molar-refractivity contribution in [2.45, 2.75) is 46.2 Å². The van der Waals surface area contributed by atoms with Crippen molar-refractivity contribution in [1.29, 1.82) is 0 Å². The molecule has 2 nitrogen and oxygen atoms in total. The van der Waals surface area contributed by atoms with Gasteiger partial charge in [-0.15, -0.1) is 0 Å². The number of carbonyl (C=O) groups excluding carboxylic acids is 1. The first kappa shape index (κ1) is 9.63. The largest absolute Gasteiger partial charge is 0.305 e. The Labute approximate surface area is 64.5 Å². The summed E-state index contributed by atoms with van der Waals surface area (Å²) in [6, 6.07) is 0.412. The van der Waals surface area contributed by atoms with Gasteiger partial charge in [-0.3, -0.25) is 4.79 Å². The molecule has 0 radical (unpaired) electrons. The molecule has 0 amide bonds. The molecule has 1 unspecified atom stereocenters. The van der Waals surface area contributed by atoms with Gasteiger partial charge in [0.05, 0.1) is 6.04 Å². The number of nitrogens with one attached hydrogen (secondary N) is 1. The van der Waals surface area contributed by atoms with E-state index in [0.717, 1.165) is 0 Å². The van der Waals surface area contributed by atoms with Crippen molar-refractivity contribution in [2.75, 3.05) is 0 Å². The fraction of sp³-hybridized carbons (Fsp3) is 0.875. The van der Waals surface area contributed by atoms with Gasteiger partial charge >= 0.3 is 0 Å². The minimum Gasteiger partial charge on any atom is -0.305 e. The molecule has 0 aliphatic rings. The van der Waals surface area contributed by atoms with E-state index in [1.165, 1.54) is 0 Å². The number of hydrogen-bond donors (Lipinski definition) is 1. The second kappa shape index (κ2) is 4.45. The van der Waals surface area contributed by atoms with Crippen LogP contribution in [0.5, 0.6) is 0 Å². The Balaban J connectivity index is 0. The molecule has 0 aromatic heterocycles. The van der Waals surface area contributed by atoms with Crippen LogP contribution in [0.15, 0.2) is 0 Å². The quantitative estimate of drug-likeness (QED) is 0.651. The number of carbonyl (C=O) groups is 1. The Kier molecular flexibility index (Phi) is 4.28. The zero-order chi connectivity index (χ0) is 8.15. The third-order valence-corrected chi connectivity index (χ3v) is 1.41. The summed E-state index contributed by atoms with van der Waals surface area (Å²) in [5.41, 5.74) is 0. The van der Waals surface area contributed by atoms with Crippen LogP contribution in [-0.4, -0.2) is 17.9 Å². The highest BCUT2D eigenvalue weighted by Gasteiger charge is 2.09. The molecule has 62 valence electrons. The molecule has 2 heteroatoms. The average molecular weight is 145 g/mol. The Bertz CT molecular complexity index is 115. The van der Waals surface area contributed by atoms with Crippen LogP contribution < -0.4 is 5.32 Å². The topological polar surface area (TPSA) is 29.1 Å². The highest BCUT2D eigenvalue weighted by Crippen LogP contribution is 1.91. The van der Waals surface area contributed by atoms with Gasteiger partial charge in [-0.1, -0.05) is 20.8 Å². The zero-order valence-corrected chi connectivity index (χ0v) is 7.27. The van der Waals surface area contributed by atoms with Crippen molar-refractivity contribution in [3.63, 3.8) is 0 Å². The van der Waals surface area contributed by atoms with E-state index in [2.05, 4.69) is 5.32 Å². The van der Waals surface area contributed by atoms with E-state index in [0.29, 0.717) is 12.5 Å². The maximum atomic E-state index is 11.0. The Hall–Kier alpha value is -0.370. The molecule has 0 aromatic rings. The van der Waals surface area contributed by atoms with Crippen molar-refractivity contribution in [3.8, 4) is 0 Å². The minimum absolute atomic E-state index is 0. The van der Waals surface area contributed by atoms with Crippen molar-refractivity contribution in [3.05, 3.63) is 0 Å². The first-order chi connectivity index (χ1) is 4.57. The van der Waals surface area contributed by atoms with Crippen molar-refractivity contribution in [1.82, 2.24) is 5.32 Å². The fourth-order valence-electron chi connectivity index (χ4n) is 0.899. The highest BCUT2D eigenvalue weighted by atomic mass is 16.1. The minimum atomic E-state index is 0. The second-order valence-corrected chi connectivity index (χ2v) is 2.86. The van der Waals surface area contributed by atoms with Crippen LogP contribution in [0.3, 0.4) is 0 Å². The van der Waals surface area contributed by atoms with Gasteiger partial charge in [0.2, 0.25) is 0 Å². The monoisotopic (exact) mass is 145 g/mol. The standard InChI is InChI=1S/C8H17NO.H2/c1-5-8(10)7(4)9-6(2)3;/h6-7,9H,5H2,1-4H3;1H. The lowest BCUT2D eigenvalue weighted by Crippen LogP contribution is -2.38. The normalized spacial score (nSPS) is 13.7. The van der Waals surface area contributed by atoms with Gasteiger partial charge in [0, 0.05) is 13.9 Å². The van der Waals surface area contributed by atoms with E-state index in [4.69, 9.17) is 0 Å². The molecule has 0 saturated heterocycles. The van der Waals surface area contributed by atoms with Crippen LogP contribution in [0, 0.1) is 0 Å². The summed E-state index contributed by atoms with van der Waals surface area (Å²) in [4.78, 5) is 11.0.